The normalized spacial score (nSPS) is 17.1. The van der Waals surface area contributed by atoms with Crippen LogP contribution < -0.4 is 10.1 Å². The Hall–Kier alpha value is -2.29. The van der Waals surface area contributed by atoms with E-state index in [0.29, 0.717) is 12.1 Å². The standard InChI is InChI=1S/C17H20ClF3N4O2/c1-10(2)14(26)24-16-22-5-4-11(3)25(16)8-12-6-13(18)15(23-7-12)27-9-17(19,20)21/h4-7,10,16H,8-9H2,1-3H3,(H,24,26). The molecule has 0 radical (unpaired) electrons. The van der Waals surface area contributed by atoms with Gasteiger partial charge in [0.15, 0.2) is 12.9 Å². The number of aromatic nitrogens is 1. The van der Waals surface area contributed by atoms with Crippen LogP contribution in [0.25, 0.3) is 0 Å². The van der Waals surface area contributed by atoms with Crippen molar-refractivity contribution in [3.63, 3.8) is 0 Å². The Labute approximate surface area is 160 Å². The average Bonchev–Trinajstić information content (AvgIpc) is 2.56. The topological polar surface area (TPSA) is 66.8 Å². The van der Waals surface area contributed by atoms with Gasteiger partial charge in [-0.2, -0.15) is 13.2 Å². The van der Waals surface area contributed by atoms with Crippen molar-refractivity contribution in [3.05, 3.63) is 34.6 Å². The van der Waals surface area contributed by atoms with E-state index in [2.05, 4.69) is 20.0 Å². The Morgan fingerprint density at radius 1 is 1.44 bits per heavy atom. The molecule has 0 fully saturated rings. The smallest absolute Gasteiger partial charge is 0.422 e. The first-order chi connectivity index (χ1) is 12.6. The Morgan fingerprint density at radius 2 is 2.15 bits per heavy atom. The molecule has 0 bridgehead atoms. The number of carbonyl (C=O) groups is 1. The fraction of sp³-hybridized carbons (Fsp3) is 0.471. The third-order valence-electron chi connectivity index (χ3n) is 3.68. The monoisotopic (exact) mass is 404 g/mol. The van der Waals surface area contributed by atoms with Crippen LogP contribution in [0.2, 0.25) is 5.02 Å². The van der Waals surface area contributed by atoms with Gasteiger partial charge >= 0.3 is 6.18 Å². The highest BCUT2D eigenvalue weighted by Gasteiger charge is 2.29. The summed E-state index contributed by atoms with van der Waals surface area (Å²) in [5.41, 5.74) is 1.49. The summed E-state index contributed by atoms with van der Waals surface area (Å²) in [6.45, 7) is 4.24. The minimum atomic E-state index is -4.47. The summed E-state index contributed by atoms with van der Waals surface area (Å²) in [7, 11) is 0. The van der Waals surface area contributed by atoms with Gasteiger partial charge in [-0.15, -0.1) is 0 Å². The van der Waals surface area contributed by atoms with Crippen LogP contribution >= 0.6 is 11.6 Å². The first-order valence-electron chi connectivity index (χ1n) is 8.18. The van der Waals surface area contributed by atoms with Gasteiger partial charge in [0.1, 0.15) is 5.02 Å². The minimum Gasteiger partial charge on any atom is -0.467 e. The van der Waals surface area contributed by atoms with Gasteiger partial charge in [0, 0.05) is 30.6 Å². The van der Waals surface area contributed by atoms with E-state index < -0.39 is 19.1 Å². The number of hydrogen-bond acceptors (Lipinski definition) is 5. The average molecular weight is 405 g/mol. The molecule has 1 unspecified atom stereocenters. The van der Waals surface area contributed by atoms with Crippen molar-refractivity contribution in [1.29, 1.82) is 0 Å². The van der Waals surface area contributed by atoms with Crippen LogP contribution in [0, 0.1) is 5.92 Å². The predicted molar refractivity (Wildman–Crippen MR) is 95.4 cm³/mol. The predicted octanol–water partition coefficient (Wildman–Crippen LogP) is 3.52. The second kappa shape index (κ2) is 8.60. The maximum atomic E-state index is 12.3. The summed E-state index contributed by atoms with van der Waals surface area (Å²) in [6, 6.07) is 1.48. The summed E-state index contributed by atoms with van der Waals surface area (Å²) in [5, 5.41) is 2.80. The maximum absolute atomic E-state index is 12.3. The second-order valence-corrected chi connectivity index (χ2v) is 6.71. The van der Waals surface area contributed by atoms with Crippen molar-refractivity contribution in [3.8, 4) is 5.88 Å². The van der Waals surface area contributed by atoms with Crippen LogP contribution in [0.1, 0.15) is 26.3 Å². The van der Waals surface area contributed by atoms with Gasteiger partial charge < -0.3 is 15.0 Å². The third kappa shape index (κ3) is 6.13. The highest BCUT2D eigenvalue weighted by atomic mass is 35.5. The molecule has 1 atom stereocenters. The lowest BCUT2D eigenvalue weighted by Crippen LogP contribution is -2.48. The molecule has 0 saturated heterocycles. The summed E-state index contributed by atoms with van der Waals surface area (Å²) in [4.78, 5) is 21.9. The van der Waals surface area contributed by atoms with Crippen molar-refractivity contribution in [2.75, 3.05) is 6.61 Å². The van der Waals surface area contributed by atoms with Crippen LogP contribution in [-0.4, -0.2) is 41.1 Å². The molecule has 1 aromatic rings. The van der Waals surface area contributed by atoms with E-state index in [9.17, 15) is 18.0 Å². The molecule has 2 heterocycles. The van der Waals surface area contributed by atoms with E-state index in [1.54, 1.807) is 26.1 Å². The number of halogens is 4. The van der Waals surface area contributed by atoms with Gasteiger partial charge in [-0.05, 0) is 24.6 Å². The van der Waals surface area contributed by atoms with Gasteiger partial charge in [0.25, 0.3) is 0 Å². The minimum absolute atomic E-state index is 0.0262. The quantitative estimate of drug-likeness (QED) is 0.787. The number of amides is 1. The van der Waals surface area contributed by atoms with Gasteiger partial charge in [-0.3, -0.25) is 4.79 Å². The highest BCUT2D eigenvalue weighted by molar-refractivity contribution is 6.31. The Kier molecular flexibility index (Phi) is 6.69. The van der Waals surface area contributed by atoms with Gasteiger partial charge in [0.2, 0.25) is 11.8 Å². The van der Waals surface area contributed by atoms with Gasteiger partial charge in [-0.25, -0.2) is 9.98 Å². The number of alkyl halides is 3. The number of pyridine rings is 1. The SMILES string of the molecule is CC1=CC=NC(NC(=O)C(C)C)N1Cc1cnc(OCC(F)(F)F)c(Cl)c1. The fourth-order valence-corrected chi connectivity index (χ4v) is 2.47. The molecule has 1 amide bonds. The van der Waals surface area contributed by atoms with E-state index in [1.165, 1.54) is 12.3 Å². The van der Waals surface area contributed by atoms with E-state index in [0.717, 1.165) is 5.70 Å². The number of ether oxygens (including phenoxy) is 1. The molecule has 1 N–H and O–H groups in total. The molecule has 0 aromatic carbocycles. The molecule has 1 aliphatic rings. The Balaban J connectivity index is 2.11. The molecule has 0 saturated carbocycles. The molecule has 1 aliphatic heterocycles. The zero-order valence-electron chi connectivity index (χ0n) is 15.0. The summed E-state index contributed by atoms with van der Waals surface area (Å²) >= 11 is 5.99. The van der Waals surface area contributed by atoms with Crippen LogP contribution in [-0.2, 0) is 11.3 Å². The molecule has 148 valence electrons. The van der Waals surface area contributed by atoms with Crippen molar-refractivity contribution >= 4 is 23.7 Å². The van der Waals surface area contributed by atoms with E-state index in [4.69, 9.17) is 11.6 Å². The molecule has 0 aliphatic carbocycles. The van der Waals surface area contributed by atoms with Crippen LogP contribution in [0.15, 0.2) is 29.0 Å². The number of rotatable bonds is 6. The van der Waals surface area contributed by atoms with Gasteiger partial charge in [-0.1, -0.05) is 25.4 Å². The Bertz CT molecular complexity index is 750. The number of allylic oxidation sites excluding steroid dienone is 2. The zero-order valence-corrected chi connectivity index (χ0v) is 15.8. The molecule has 6 nitrogen and oxygen atoms in total. The first-order valence-corrected chi connectivity index (χ1v) is 8.55. The van der Waals surface area contributed by atoms with Crippen molar-refractivity contribution in [1.82, 2.24) is 15.2 Å². The van der Waals surface area contributed by atoms with Gasteiger partial charge in [0.05, 0.1) is 0 Å². The number of aliphatic imine (C=N–C) groups is 1. The van der Waals surface area contributed by atoms with E-state index in [1.807, 2.05) is 11.8 Å². The molecule has 0 spiro atoms. The highest BCUT2D eigenvalue weighted by Crippen LogP contribution is 2.26. The molecule has 27 heavy (non-hydrogen) atoms. The van der Waals surface area contributed by atoms with E-state index in [-0.39, 0.29) is 22.7 Å². The lowest BCUT2D eigenvalue weighted by molar-refractivity contribution is -0.154. The third-order valence-corrected chi connectivity index (χ3v) is 3.95. The number of nitrogens with zero attached hydrogens (tertiary/aromatic N) is 3. The van der Waals surface area contributed by atoms with Crippen molar-refractivity contribution in [2.24, 2.45) is 10.9 Å². The first kappa shape index (κ1) is 21.0. The largest absolute Gasteiger partial charge is 0.467 e. The summed E-state index contributed by atoms with van der Waals surface area (Å²) in [6.07, 6.45) is -0.293. The lowest BCUT2D eigenvalue weighted by Gasteiger charge is -2.34. The maximum Gasteiger partial charge on any atom is 0.422 e. The Morgan fingerprint density at radius 3 is 2.74 bits per heavy atom. The summed E-state index contributed by atoms with van der Waals surface area (Å²) in [5.74, 6) is -0.635. The second-order valence-electron chi connectivity index (χ2n) is 6.31. The summed E-state index contributed by atoms with van der Waals surface area (Å²) < 4.78 is 41.3. The van der Waals surface area contributed by atoms with Crippen LogP contribution in [0.4, 0.5) is 13.2 Å². The molecular formula is C17H20ClF3N4O2. The molecular weight excluding hydrogens is 385 g/mol. The molecule has 2 rings (SSSR count). The van der Waals surface area contributed by atoms with Crippen molar-refractivity contribution < 1.29 is 22.7 Å². The molecule has 10 heteroatoms. The number of carbonyl (C=O) groups excluding carboxylic acids is 1. The van der Waals surface area contributed by atoms with E-state index >= 15 is 0 Å². The number of nitrogens with one attached hydrogen (secondary N) is 1. The lowest BCUT2D eigenvalue weighted by atomic mass is 10.2. The number of hydrogen-bond donors (Lipinski definition) is 1. The van der Waals surface area contributed by atoms with Crippen LogP contribution in [0.5, 0.6) is 5.88 Å². The fourth-order valence-electron chi connectivity index (χ4n) is 2.23. The zero-order chi connectivity index (χ0) is 20.2. The molecule has 1 aromatic heterocycles. The van der Waals surface area contributed by atoms with Crippen LogP contribution in [0.3, 0.4) is 0 Å². The van der Waals surface area contributed by atoms with Crippen molar-refractivity contribution in [2.45, 2.75) is 39.8 Å².